The molecule has 0 saturated carbocycles. The van der Waals surface area contributed by atoms with Crippen LogP contribution in [0.4, 0.5) is 11.4 Å². The molecular weight excluding hydrogens is 240 g/mol. The molecule has 0 amide bonds. The van der Waals surface area contributed by atoms with E-state index in [0.29, 0.717) is 6.42 Å². The minimum Gasteiger partial charge on any atom is -0.477 e. The van der Waals surface area contributed by atoms with Crippen molar-refractivity contribution in [2.75, 3.05) is 11.9 Å². The van der Waals surface area contributed by atoms with Crippen molar-refractivity contribution in [2.24, 2.45) is 0 Å². The summed E-state index contributed by atoms with van der Waals surface area (Å²) in [6.45, 7) is 1.62. The van der Waals surface area contributed by atoms with Crippen LogP contribution in [0.2, 0.25) is 0 Å². The zero-order valence-corrected chi connectivity index (χ0v) is 9.79. The Balaban J connectivity index is 3.22. The van der Waals surface area contributed by atoms with Crippen molar-refractivity contribution in [3.05, 3.63) is 33.9 Å². The van der Waals surface area contributed by atoms with Crippen LogP contribution in [0.3, 0.4) is 0 Å². The van der Waals surface area contributed by atoms with Gasteiger partial charge in [0.2, 0.25) is 0 Å². The Labute approximate surface area is 103 Å². The number of nitro benzene ring substituents is 1. The number of aliphatic hydroxyl groups is 1. The summed E-state index contributed by atoms with van der Waals surface area (Å²) in [5.74, 6) is -1.36. The number of aliphatic hydroxyl groups excluding tert-OH is 1. The molecule has 3 N–H and O–H groups in total. The molecule has 0 aliphatic carbocycles. The van der Waals surface area contributed by atoms with Gasteiger partial charge >= 0.3 is 11.7 Å². The molecule has 0 saturated heterocycles. The molecule has 1 atom stereocenters. The first-order valence-corrected chi connectivity index (χ1v) is 5.39. The highest BCUT2D eigenvalue weighted by Gasteiger charge is 2.24. The van der Waals surface area contributed by atoms with Crippen molar-refractivity contribution < 1.29 is 19.9 Å². The fourth-order valence-electron chi connectivity index (χ4n) is 1.53. The number of hydrogen-bond donors (Lipinski definition) is 3. The highest BCUT2D eigenvalue weighted by molar-refractivity contribution is 5.95. The molecule has 1 rings (SSSR count). The van der Waals surface area contributed by atoms with Gasteiger partial charge in [-0.25, -0.2) is 4.79 Å². The maximum atomic E-state index is 10.9. The number of carboxylic acids is 1. The van der Waals surface area contributed by atoms with Crippen LogP contribution in [0.1, 0.15) is 23.7 Å². The first kappa shape index (κ1) is 13.9. The van der Waals surface area contributed by atoms with E-state index in [4.69, 9.17) is 10.2 Å². The largest absolute Gasteiger partial charge is 0.477 e. The number of nitrogens with zero attached hydrogens (tertiary/aromatic N) is 1. The zero-order valence-electron chi connectivity index (χ0n) is 9.79. The van der Waals surface area contributed by atoms with Gasteiger partial charge in [0.25, 0.3) is 0 Å². The van der Waals surface area contributed by atoms with E-state index in [1.807, 2.05) is 0 Å². The number of anilines is 1. The summed E-state index contributed by atoms with van der Waals surface area (Å²) in [6, 6.07) is 3.66. The summed E-state index contributed by atoms with van der Waals surface area (Å²) in [4.78, 5) is 21.1. The molecule has 1 aromatic rings. The van der Waals surface area contributed by atoms with Crippen LogP contribution < -0.4 is 5.32 Å². The molecular formula is C11H14N2O5. The van der Waals surface area contributed by atoms with E-state index in [1.165, 1.54) is 18.2 Å². The second-order valence-electron chi connectivity index (χ2n) is 3.70. The lowest BCUT2D eigenvalue weighted by atomic mass is 10.1. The number of carboxylic acid groups (broad SMARTS) is 1. The minimum absolute atomic E-state index is 0.0980. The van der Waals surface area contributed by atoms with Gasteiger partial charge in [0.1, 0.15) is 11.3 Å². The van der Waals surface area contributed by atoms with Crippen LogP contribution in [0.5, 0.6) is 0 Å². The SMILES string of the molecule is CCC(CO)Nc1cccc(C(=O)O)c1[N+](=O)[O-]. The molecule has 0 radical (unpaired) electrons. The smallest absolute Gasteiger partial charge is 0.342 e. The Hall–Kier alpha value is -2.15. The van der Waals surface area contributed by atoms with E-state index in [0.717, 1.165) is 0 Å². The molecule has 0 fully saturated rings. The van der Waals surface area contributed by atoms with Gasteiger partial charge in [-0.2, -0.15) is 0 Å². The topological polar surface area (TPSA) is 113 Å². The Bertz CT molecular complexity index is 457. The Morgan fingerprint density at radius 2 is 2.22 bits per heavy atom. The maximum Gasteiger partial charge on any atom is 0.342 e. The lowest BCUT2D eigenvalue weighted by molar-refractivity contribution is -0.384. The van der Waals surface area contributed by atoms with Gasteiger partial charge in [-0.3, -0.25) is 10.1 Å². The number of aromatic carboxylic acids is 1. The van der Waals surface area contributed by atoms with E-state index in [2.05, 4.69) is 5.32 Å². The molecule has 0 heterocycles. The molecule has 0 aromatic heterocycles. The number of rotatable bonds is 6. The van der Waals surface area contributed by atoms with Crippen LogP contribution in [-0.2, 0) is 0 Å². The van der Waals surface area contributed by atoms with E-state index in [-0.39, 0.29) is 23.9 Å². The van der Waals surface area contributed by atoms with Crippen molar-refractivity contribution in [3.8, 4) is 0 Å². The predicted octanol–water partition coefficient (Wildman–Crippen LogP) is 1.48. The van der Waals surface area contributed by atoms with Crippen LogP contribution in [0, 0.1) is 10.1 Å². The van der Waals surface area contributed by atoms with Crippen molar-refractivity contribution in [1.29, 1.82) is 0 Å². The van der Waals surface area contributed by atoms with E-state index < -0.39 is 16.6 Å². The van der Waals surface area contributed by atoms with E-state index >= 15 is 0 Å². The standard InChI is InChI=1S/C11H14N2O5/c1-2-7(6-14)12-9-5-3-4-8(11(15)16)10(9)13(17)18/h3-5,7,12,14H,2,6H2,1H3,(H,15,16). The van der Waals surface area contributed by atoms with Crippen molar-refractivity contribution >= 4 is 17.3 Å². The van der Waals surface area contributed by atoms with E-state index in [1.54, 1.807) is 6.92 Å². The second kappa shape index (κ2) is 5.97. The fourth-order valence-corrected chi connectivity index (χ4v) is 1.53. The van der Waals surface area contributed by atoms with Crippen LogP contribution in [-0.4, -0.2) is 33.8 Å². The van der Waals surface area contributed by atoms with Gasteiger partial charge < -0.3 is 15.5 Å². The average molecular weight is 254 g/mol. The molecule has 0 spiro atoms. The van der Waals surface area contributed by atoms with Crippen molar-refractivity contribution in [2.45, 2.75) is 19.4 Å². The molecule has 0 aliphatic heterocycles. The third kappa shape index (κ3) is 2.95. The third-order valence-electron chi connectivity index (χ3n) is 2.52. The van der Waals surface area contributed by atoms with Gasteiger partial charge in [0, 0.05) is 6.04 Å². The van der Waals surface area contributed by atoms with E-state index in [9.17, 15) is 14.9 Å². The fraction of sp³-hybridized carbons (Fsp3) is 0.364. The summed E-state index contributed by atoms with van der Waals surface area (Å²) in [5, 5.41) is 31.7. The van der Waals surface area contributed by atoms with Crippen molar-refractivity contribution in [3.63, 3.8) is 0 Å². The molecule has 7 heteroatoms. The number of hydrogen-bond acceptors (Lipinski definition) is 5. The monoisotopic (exact) mass is 254 g/mol. The first-order valence-electron chi connectivity index (χ1n) is 5.39. The van der Waals surface area contributed by atoms with Crippen molar-refractivity contribution in [1.82, 2.24) is 0 Å². The zero-order chi connectivity index (χ0) is 13.7. The quantitative estimate of drug-likeness (QED) is 0.523. The predicted molar refractivity (Wildman–Crippen MR) is 64.8 cm³/mol. The van der Waals surface area contributed by atoms with Crippen LogP contribution in [0.15, 0.2) is 18.2 Å². The molecule has 0 aliphatic rings. The summed E-state index contributed by atoms with van der Waals surface area (Å²) in [6.07, 6.45) is 0.560. The molecule has 1 aromatic carbocycles. The molecule has 18 heavy (non-hydrogen) atoms. The summed E-state index contributed by atoms with van der Waals surface area (Å²) in [7, 11) is 0. The van der Waals surface area contributed by atoms with Crippen LogP contribution in [0.25, 0.3) is 0 Å². The molecule has 7 nitrogen and oxygen atoms in total. The van der Waals surface area contributed by atoms with Gasteiger partial charge in [-0.15, -0.1) is 0 Å². The maximum absolute atomic E-state index is 10.9. The number of para-hydroxylation sites is 1. The number of nitro groups is 1. The Kier molecular flexibility index (Phi) is 4.61. The highest BCUT2D eigenvalue weighted by atomic mass is 16.6. The average Bonchev–Trinajstić information content (AvgIpc) is 2.35. The molecule has 98 valence electrons. The Morgan fingerprint density at radius 1 is 1.56 bits per heavy atom. The number of nitrogens with one attached hydrogen (secondary N) is 1. The molecule has 1 unspecified atom stereocenters. The number of carbonyl (C=O) groups is 1. The lowest BCUT2D eigenvalue weighted by Crippen LogP contribution is -2.23. The normalized spacial score (nSPS) is 11.9. The minimum atomic E-state index is -1.36. The lowest BCUT2D eigenvalue weighted by Gasteiger charge is -2.15. The summed E-state index contributed by atoms with van der Waals surface area (Å²) < 4.78 is 0. The summed E-state index contributed by atoms with van der Waals surface area (Å²) >= 11 is 0. The second-order valence-corrected chi connectivity index (χ2v) is 3.70. The highest BCUT2D eigenvalue weighted by Crippen LogP contribution is 2.29. The third-order valence-corrected chi connectivity index (χ3v) is 2.52. The van der Waals surface area contributed by atoms with Gasteiger partial charge in [0.05, 0.1) is 11.5 Å². The summed E-state index contributed by atoms with van der Waals surface area (Å²) in [5.41, 5.74) is -0.768. The van der Waals surface area contributed by atoms with Gasteiger partial charge in [-0.1, -0.05) is 13.0 Å². The first-order chi connectivity index (χ1) is 8.51. The number of benzene rings is 1. The molecule has 0 bridgehead atoms. The Morgan fingerprint density at radius 3 is 2.67 bits per heavy atom. The van der Waals surface area contributed by atoms with Gasteiger partial charge in [-0.05, 0) is 18.6 Å². The van der Waals surface area contributed by atoms with Gasteiger partial charge in [0.15, 0.2) is 0 Å². The van der Waals surface area contributed by atoms with Crippen LogP contribution >= 0.6 is 0 Å².